The van der Waals surface area contributed by atoms with Gasteiger partial charge in [0, 0.05) is 37.1 Å². The Balaban J connectivity index is 1.68. The van der Waals surface area contributed by atoms with E-state index in [2.05, 4.69) is 58.1 Å². The third-order valence-corrected chi connectivity index (χ3v) is 5.05. The summed E-state index contributed by atoms with van der Waals surface area (Å²) in [5.41, 5.74) is 4.00. The second-order valence-electron chi connectivity index (χ2n) is 6.69. The van der Waals surface area contributed by atoms with Crippen LogP contribution in [0.5, 0.6) is 0 Å². The van der Waals surface area contributed by atoms with Gasteiger partial charge in [-0.2, -0.15) is 0 Å². The molecule has 0 saturated carbocycles. The minimum absolute atomic E-state index is 0.513. The van der Waals surface area contributed by atoms with E-state index < -0.39 is 0 Å². The summed E-state index contributed by atoms with van der Waals surface area (Å²) in [5, 5.41) is 0.841. The summed E-state index contributed by atoms with van der Waals surface area (Å²) in [4.78, 5) is 13.6. The summed E-state index contributed by atoms with van der Waals surface area (Å²) in [6.45, 7) is 3.07. The van der Waals surface area contributed by atoms with Crippen LogP contribution in [-0.4, -0.2) is 46.7 Å². The van der Waals surface area contributed by atoms with E-state index in [1.165, 1.54) is 29.5 Å². The van der Waals surface area contributed by atoms with E-state index in [1.807, 2.05) is 18.6 Å². The molecule has 1 aliphatic heterocycles. The summed E-state index contributed by atoms with van der Waals surface area (Å²) in [6, 6.07) is 9.65. The van der Waals surface area contributed by atoms with Crippen LogP contribution in [0.15, 0.2) is 41.8 Å². The molecule has 0 unspecified atom stereocenters. The summed E-state index contributed by atoms with van der Waals surface area (Å²) in [7, 11) is 4.22. The molecule has 1 aromatic heterocycles. The Labute approximate surface area is 149 Å². The van der Waals surface area contributed by atoms with Gasteiger partial charge in [0.05, 0.1) is 0 Å². The van der Waals surface area contributed by atoms with E-state index in [9.17, 15) is 0 Å². The SMILES string of the molecule is CSc1ncc(CN2CCC[C@H]2c2ccc(CN(C)C)cc2)cn1. The Morgan fingerprint density at radius 2 is 1.83 bits per heavy atom. The van der Waals surface area contributed by atoms with E-state index >= 15 is 0 Å². The zero-order valence-electron chi connectivity index (χ0n) is 14.8. The molecule has 5 heteroatoms. The molecule has 1 aliphatic rings. The summed E-state index contributed by atoms with van der Waals surface area (Å²) < 4.78 is 0. The smallest absolute Gasteiger partial charge is 0.187 e. The second kappa shape index (κ2) is 8.10. The summed E-state index contributed by atoms with van der Waals surface area (Å²) in [5.74, 6) is 0. The van der Waals surface area contributed by atoms with Gasteiger partial charge in [-0.05, 0) is 50.9 Å². The fourth-order valence-corrected chi connectivity index (χ4v) is 3.68. The lowest BCUT2D eigenvalue weighted by molar-refractivity contribution is 0.247. The highest BCUT2D eigenvalue weighted by Crippen LogP contribution is 2.33. The third-order valence-electron chi connectivity index (χ3n) is 4.48. The van der Waals surface area contributed by atoms with Crippen molar-refractivity contribution in [1.29, 1.82) is 0 Å². The number of hydrogen-bond acceptors (Lipinski definition) is 5. The highest BCUT2D eigenvalue weighted by Gasteiger charge is 2.26. The van der Waals surface area contributed by atoms with E-state index in [0.29, 0.717) is 6.04 Å². The Bertz CT molecular complexity index is 639. The molecule has 3 rings (SSSR count). The molecule has 1 fully saturated rings. The average Bonchev–Trinajstić information content (AvgIpc) is 3.04. The maximum atomic E-state index is 4.40. The van der Waals surface area contributed by atoms with Gasteiger partial charge in [-0.1, -0.05) is 36.0 Å². The van der Waals surface area contributed by atoms with E-state index in [0.717, 1.165) is 24.8 Å². The number of nitrogens with zero attached hydrogens (tertiary/aromatic N) is 4. The van der Waals surface area contributed by atoms with Gasteiger partial charge in [-0.15, -0.1) is 0 Å². The monoisotopic (exact) mass is 342 g/mol. The van der Waals surface area contributed by atoms with E-state index in [1.54, 1.807) is 11.8 Å². The highest BCUT2D eigenvalue weighted by atomic mass is 32.2. The lowest BCUT2D eigenvalue weighted by Gasteiger charge is -2.25. The molecule has 4 nitrogen and oxygen atoms in total. The predicted octanol–water partition coefficient (Wildman–Crippen LogP) is 3.60. The molecule has 1 saturated heterocycles. The molecule has 0 amide bonds. The first kappa shape index (κ1) is 17.4. The zero-order chi connectivity index (χ0) is 16.9. The lowest BCUT2D eigenvalue weighted by atomic mass is 10.0. The van der Waals surface area contributed by atoms with Crippen LogP contribution in [0.4, 0.5) is 0 Å². The van der Waals surface area contributed by atoms with Crippen LogP contribution in [0, 0.1) is 0 Å². The Morgan fingerprint density at radius 3 is 2.46 bits per heavy atom. The van der Waals surface area contributed by atoms with Gasteiger partial charge in [0.2, 0.25) is 0 Å². The standard InChI is InChI=1S/C19H26N4S/c1-22(2)13-15-6-8-17(9-7-15)18-5-4-10-23(18)14-16-11-20-19(24-3)21-12-16/h6-9,11-12,18H,4-5,10,13-14H2,1-3H3/t18-/m0/s1. The van der Waals surface area contributed by atoms with Crippen molar-refractivity contribution in [3.63, 3.8) is 0 Å². The molecule has 0 N–H and O–H groups in total. The summed E-state index contributed by atoms with van der Waals surface area (Å²) in [6.07, 6.45) is 8.43. The molecule has 1 aromatic carbocycles. The van der Waals surface area contributed by atoms with Gasteiger partial charge < -0.3 is 4.90 Å². The normalized spacial score (nSPS) is 18.4. The number of thioether (sulfide) groups is 1. The van der Waals surface area contributed by atoms with Crippen molar-refractivity contribution in [2.24, 2.45) is 0 Å². The van der Waals surface area contributed by atoms with Crippen molar-refractivity contribution in [3.8, 4) is 0 Å². The molecule has 0 radical (unpaired) electrons. The fraction of sp³-hybridized carbons (Fsp3) is 0.474. The van der Waals surface area contributed by atoms with Gasteiger partial charge in [-0.3, -0.25) is 4.90 Å². The number of hydrogen-bond donors (Lipinski definition) is 0. The Kier molecular flexibility index (Phi) is 5.87. The molecule has 128 valence electrons. The van der Waals surface area contributed by atoms with Crippen LogP contribution in [0.3, 0.4) is 0 Å². The van der Waals surface area contributed by atoms with Crippen LogP contribution < -0.4 is 0 Å². The lowest BCUT2D eigenvalue weighted by Crippen LogP contribution is -2.23. The first-order valence-corrected chi connectivity index (χ1v) is 9.70. The van der Waals surface area contributed by atoms with Crippen molar-refractivity contribution in [2.75, 3.05) is 26.9 Å². The molecular weight excluding hydrogens is 316 g/mol. The average molecular weight is 343 g/mol. The first-order chi connectivity index (χ1) is 11.7. The van der Waals surface area contributed by atoms with Crippen molar-refractivity contribution in [3.05, 3.63) is 53.3 Å². The molecule has 2 aromatic rings. The Morgan fingerprint density at radius 1 is 1.12 bits per heavy atom. The van der Waals surface area contributed by atoms with Gasteiger partial charge in [0.1, 0.15) is 0 Å². The van der Waals surface area contributed by atoms with Gasteiger partial charge >= 0.3 is 0 Å². The van der Waals surface area contributed by atoms with Crippen molar-refractivity contribution < 1.29 is 0 Å². The number of aromatic nitrogens is 2. The molecule has 0 aliphatic carbocycles. The fourth-order valence-electron chi connectivity index (χ4n) is 3.37. The minimum atomic E-state index is 0.513. The van der Waals surface area contributed by atoms with Crippen LogP contribution >= 0.6 is 11.8 Å². The molecule has 0 spiro atoms. The molecule has 2 heterocycles. The van der Waals surface area contributed by atoms with Crippen molar-refractivity contribution in [1.82, 2.24) is 19.8 Å². The molecule has 0 bridgehead atoms. The van der Waals surface area contributed by atoms with Crippen molar-refractivity contribution in [2.45, 2.75) is 37.1 Å². The first-order valence-electron chi connectivity index (χ1n) is 8.48. The maximum absolute atomic E-state index is 4.40. The number of likely N-dealkylation sites (tertiary alicyclic amines) is 1. The minimum Gasteiger partial charge on any atom is -0.305 e. The Hall–Kier alpha value is -1.43. The van der Waals surface area contributed by atoms with Crippen LogP contribution in [0.1, 0.15) is 35.6 Å². The van der Waals surface area contributed by atoms with E-state index in [-0.39, 0.29) is 0 Å². The number of rotatable bonds is 6. The van der Waals surface area contributed by atoms with Gasteiger partial charge in [0.15, 0.2) is 5.16 Å². The molecule has 24 heavy (non-hydrogen) atoms. The molecular formula is C19H26N4S. The van der Waals surface area contributed by atoms with E-state index in [4.69, 9.17) is 0 Å². The largest absolute Gasteiger partial charge is 0.305 e. The quantitative estimate of drug-likeness (QED) is 0.592. The maximum Gasteiger partial charge on any atom is 0.187 e. The number of benzene rings is 1. The van der Waals surface area contributed by atoms with Crippen LogP contribution in [-0.2, 0) is 13.1 Å². The zero-order valence-corrected chi connectivity index (χ0v) is 15.6. The second-order valence-corrected chi connectivity index (χ2v) is 7.46. The topological polar surface area (TPSA) is 32.3 Å². The van der Waals surface area contributed by atoms with Crippen molar-refractivity contribution >= 4 is 11.8 Å². The van der Waals surface area contributed by atoms with Crippen LogP contribution in [0.25, 0.3) is 0 Å². The third kappa shape index (κ3) is 4.35. The highest BCUT2D eigenvalue weighted by molar-refractivity contribution is 7.98. The van der Waals surface area contributed by atoms with Crippen LogP contribution in [0.2, 0.25) is 0 Å². The van der Waals surface area contributed by atoms with Gasteiger partial charge in [-0.25, -0.2) is 9.97 Å². The van der Waals surface area contributed by atoms with Gasteiger partial charge in [0.25, 0.3) is 0 Å². The molecule has 1 atom stereocenters. The predicted molar refractivity (Wildman–Crippen MR) is 100 cm³/mol. The summed E-state index contributed by atoms with van der Waals surface area (Å²) >= 11 is 1.58.